The van der Waals surface area contributed by atoms with Crippen molar-refractivity contribution >= 4 is 0 Å². The Labute approximate surface area is 97.6 Å². The van der Waals surface area contributed by atoms with Gasteiger partial charge in [-0.2, -0.15) is 14.0 Å². The second-order valence-corrected chi connectivity index (χ2v) is 4.28. The van der Waals surface area contributed by atoms with E-state index in [1.807, 2.05) is 6.07 Å². The van der Waals surface area contributed by atoms with Crippen LogP contribution in [0.2, 0.25) is 0 Å². The van der Waals surface area contributed by atoms with Gasteiger partial charge in [0.15, 0.2) is 0 Å². The molecular formula is C11H15F4NO. The number of alkyl halides is 4. The third-order valence-electron chi connectivity index (χ3n) is 2.93. The van der Waals surface area contributed by atoms with Crippen LogP contribution in [0.4, 0.5) is 17.6 Å². The zero-order valence-electron chi connectivity index (χ0n) is 9.34. The van der Waals surface area contributed by atoms with Gasteiger partial charge in [0.2, 0.25) is 0 Å². The molecule has 2 atom stereocenters. The average molecular weight is 253 g/mol. The molecule has 2 nitrogen and oxygen atoms in total. The summed E-state index contributed by atoms with van der Waals surface area (Å²) < 4.78 is 54.1. The summed E-state index contributed by atoms with van der Waals surface area (Å²) in [5, 5.41) is 8.86. The molecule has 98 valence electrons. The van der Waals surface area contributed by atoms with Crippen LogP contribution in [0.5, 0.6) is 0 Å². The summed E-state index contributed by atoms with van der Waals surface area (Å²) in [4.78, 5) is 0. The molecule has 0 radical (unpaired) electrons. The van der Waals surface area contributed by atoms with E-state index < -0.39 is 31.0 Å². The third-order valence-corrected chi connectivity index (χ3v) is 2.93. The molecule has 1 aliphatic rings. The van der Waals surface area contributed by atoms with E-state index in [1.165, 1.54) is 0 Å². The summed E-state index contributed by atoms with van der Waals surface area (Å²) >= 11 is 0. The summed E-state index contributed by atoms with van der Waals surface area (Å²) in [5.74, 6) is -4.60. The van der Waals surface area contributed by atoms with Gasteiger partial charge in [-0.25, -0.2) is 8.78 Å². The molecule has 0 spiro atoms. The van der Waals surface area contributed by atoms with E-state index in [0.717, 1.165) is 19.3 Å². The lowest BCUT2D eigenvalue weighted by molar-refractivity contribution is -0.179. The number of nitriles is 1. The molecule has 1 fully saturated rings. The van der Waals surface area contributed by atoms with Gasteiger partial charge in [0.1, 0.15) is 6.61 Å². The topological polar surface area (TPSA) is 33.0 Å². The van der Waals surface area contributed by atoms with Gasteiger partial charge in [0.25, 0.3) is 0 Å². The molecule has 0 bridgehead atoms. The van der Waals surface area contributed by atoms with Gasteiger partial charge in [-0.1, -0.05) is 19.3 Å². The molecule has 1 saturated carbocycles. The lowest BCUT2D eigenvalue weighted by atomic mass is 9.99. The van der Waals surface area contributed by atoms with Crippen molar-refractivity contribution in [3.8, 4) is 6.07 Å². The zero-order chi connectivity index (χ0) is 12.9. The van der Waals surface area contributed by atoms with E-state index in [9.17, 15) is 17.6 Å². The molecule has 0 saturated heterocycles. The maximum absolute atomic E-state index is 12.7. The van der Waals surface area contributed by atoms with Crippen LogP contribution in [0, 0.1) is 17.2 Å². The molecule has 6 heteroatoms. The molecule has 0 N–H and O–H groups in total. The molecule has 0 heterocycles. The van der Waals surface area contributed by atoms with Gasteiger partial charge in [0, 0.05) is 0 Å². The van der Waals surface area contributed by atoms with E-state index in [4.69, 9.17) is 10.00 Å². The lowest BCUT2D eigenvalue weighted by Gasteiger charge is -2.23. The quantitative estimate of drug-likeness (QED) is 0.568. The van der Waals surface area contributed by atoms with E-state index >= 15 is 0 Å². The predicted octanol–water partition coefficient (Wildman–Crippen LogP) is 3.38. The Bertz CT molecular complexity index is 277. The molecule has 0 aromatic carbocycles. The lowest BCUT2D eigenvalue weighted by Crippen LogP contribution is -2.36. The molecule has 1 rings (SSSR count). The van der Waals surface area contributed by atoms with Gasteiger partial charge >= 0.3 is 12.3 Å². The second-order valence-electron chi connectivity index (χ2n) is 4.28. The maximum atomic E-state index is 12.7. The summed E-state index contributed by atoms with van der Waals surface area (Å²) in [6, 6.07) is 2.00. The molecule has 0 aliphatic heterocycles. The minimum Gasteiger partial charge on any atom is -0.370 e. The molecule has 2 unspecified atom stereocenters. The van der Waals surface area contributed by atoms with Crippen molar-refractivity contribution in [2.75, 3.05) is 6.61 Å². The van der Waals surface area contributed by atoms with E-state index in [1.54, 1.807) is 0 Å². The first-order valence-electron chi connectivity index (χ1n) is 5.64. The van der Waals surface area contributed by atoms with Gasteiger partial charge in [-0.05, 0) is 12.8 Å². The summed E-state index contributed by atoms with van der Waals surface area (Å²) in [5.41, 5.74) is 0. The smallest absolute Gasteiger partial charge is 0.330 e. The Hall–Kier alpha value is -0.830. The highest BCUT2D eigenvalue weighted by atomic mass is 19.3. The zero-order valence-corrected chi connectivity index (χ0v) is 9.34. The Kier molecular flexibility index (Phi) is 5.19. The molecule has 0 amide bonds. The highest BCUT2D eigenvalue weighted by Crippen LogP contribution is 2.29. The fourth-order valence-corrected chi connectivity index (χ4v) is 1.90. The largest absolute Gasteiger partial charge is 0.370 e. The van der Waals surface area contributed by atoms with Crippen LogP contribution in [-0.2, 0) is 4.74 Å². The van der Waals surface area contributed by atoms with Crippen LogP contribution in [0.25, 0.3) is 0 Å². The van der Waals surface area contributed by atoms with Crippen LogP contribution in [0.1, 0.15) is 32.1 Å². The number of rotatable bonds is 4. The fraction of sp³-hybridized carbons (Fsp3) is 0.909. The summed E-state index contributed by atoms with van der Waals surface area (Å²) in [6.07, 6.45) is -0.754. The maximum Gasteiger partial charge on any atom is 0.330 e. The van der Waals surface area contributed by atoms with Crippen molar-refractivity contribution in [1.29, 1.82) is 5.26 Å². The minimum absolute atomic E-state index is 0.467. The van der Waals surface area contributed by atoms with Crippen molar-refractivity contribution in [2.45, 2.75) is 50.6 Å². The van der Waals surface area contributed by atoms with Crippen LogP contribution in [-0.4, -0.2) is 25.1 Å². The van der Waals surface area contributed by atoms with E-state index in [-0.39, 0.29) is 0 Å². The molecule has 0 aromatic heterocycles. The molecule has 17 heavy (non-hydrogen) atoms. The Morgan fingerprint density at radius 1 is 1.24 bits per heavy atom. The van der Waals surface area contributed by atoms with Gasteiger partial charge in [-0.15, -0.1) is 0 Å². The number of hydrogen-bond donors (Lipinski definition) is 0. The minimum atomic E-state index is -4.13. The van der Waals surface area contributed by atoms with Crippen molar-refractivity contribution in [1.82, 2.24) is 0 Å². The average Bonchev–Trinajstić information content (AvgIpc) is 2.50. The first-order valence-corrected chi connectivity index (χ1v) is 5.64. The Morgan fingerprint density at radius 2 is 1.88 bits per heavy atom. The van der Waals surface area contributed by atoms with Crippen LogP contribution in [0.3, 0.4) is 0 Å². The van der Waals surface area contributed by atoms with E-state index in [0.29, 0.717) is 12.8 Å². The van der Waals surface area contributed by atoms with Gasteiger partial charge < -0.3 is 4.74 Å². The van der Waals surface area contributed by atoms with Crippen LogP contribution < -0.4 is 0 Å². The predicted molar refractivity (Wildman–Crippen MR) is 52.9 cm³/mol. The van der Waals surface area contributed by atoms with Crippen molar-refractivity contribution in [3.63, 3.8) is 0 Å². The van der Waals surface area contributed by atoms with Gasteiger partial charge in [-0.3, -0.25) is 0 Å². The second kappa shape index (κ2) is 6.20. The Morgan fingerprint density at radius 3 is 2.47 bits per heavy atom. The normalized spacial score (nSPS) is 26.6. The first-order chi connectivity index (χ1) is 7.97. The highest BCUT2D eigenvalue weighted by molar-refractivity contribution is 4.91. The fourth-order valence-electron chi connectivity index (χ4n) is 1.90. The van der Waals surface area contributed by atoms with Crippen LogP contribution >= 0.6 is 0 Å². The standard InChI is InChI=1S/C11H15F4NO/c12-10(13)11(14,15)7-17-9-5-3-1-2-4-8(9)6-16/h8-10H,1-5,7H2. The van der Waals surface area contributed by atoms with E-state index in [2.05, 4.69) is 0 Å². The van der Waals surface area contributed by atoms with Gasteiger partial charge in [0.05, 0.1) is 18.1 Å². The molecule has 1 aliphatic carbocycles. The van der Waals surface area contributed by atoms with Crippen LogP contribution in [0.15, 0.2) is 0 Å². The summed E-state index contributed by atoms with van der Waals surface area (Å²) in [6.45, 7) is -1.31. The van der Waals surface area contributed by atoms with Crippen molar-refractivity contribution < 1.29 is 22.3 Å². The third kappa shape index (κ3) is 4.15. The molecular weight excluding hydrogens is 238 g/mol. The number of ether oxygens (including phenoxy) is 1. The Balaban J connectivity index is 2.51. The number of nitrogens with zero attached hydrogens (tertiary/aromatic N) is 1. The monoisotopic (exact) mass is 253 g/mol. The van der Waals surface area contributed by atoms with Crippen molar-refractivity contribution in [3.05, 3.63) is 0 Å². The first kappa shape index (κ1) is 14.2. The van der Waals surface area contributed by atoms with Crippen molar-refractivity contribution in [2.24, 2.45) is 5.92 Å². The number of hydrogen-bond acceptors (Lipinski definition) is 2. The highest BCUT2D eigenvalue weighted by Gasteiger charge is 2.42. The summed E-state index contributed by atoms with van der Waals surface area (Å²) in [7, 11) is 0. The number of halogens is 4. The molecule has 0 aromatic rings. The SMILES string of the molecule is N#CC1CCCCCC1OCC(F)(F)C(F)F.